The van der Waals surface area contributed by atoms with Crippen LogP contribution in [0.2, 0.25) is 5.02 Å². The van der Waals surface area contributed by atoms with Gasteiger partial charge in [-0.05, 0) is 70.4 Å². The van der Waals surface area contributed by atoms with E-state index in [0.29, 0.717) is 16.3 Å². The summed E-state index contributed by atoms with van der Waals surface area (Å²) in [6.45, 7) is 1.28. The quantitative estimate of drug-likeness (QED) is 0.315. The van der Waals surface area contributed by atoms with Crippen LogP contribution in [0.5, 0.6) is 0 Å². The van der Waals surface area contributed by atoms with E-state index in [9.17, 15) is 13.2 Å². The number of rotatable bonds is 8. The topological polar surface area (TPSA) is 82.1 Å². The maximum atomic E-state index is 13.4. The smallest absolute Gasteiger partial charge is 0.264 e. The van der Waals surface area contributed by atoms with Crippen LogP contribution in [0.4, 0.5) is 11.4 Å². The minimum atomic E-state index is -4.03. The molecule has 1 amide bonds. The molecular formula is C24H24BrClN4O3S. The number of nitrogens with zero attached hydrogens (tertiary/aromatic N) is 3. The van der Waals surface area contributed by atoms with Gasteiger partial charge < -0.3 is 4.90 Å². The lowest BCUT2D eigenvalue weighted by atomic mass is 10.2. The van der Waals surface area contributed by atoms with E-state index in [-0.39, 0.29) is 4.90 Å². The third-order valence-corrected chi connectivity index (χ3v) is 7.56. The number of halogens is 2. The average molecular weight is 564 g/mol. The fourth-order valence-electron chi connectivity index (χ4n) is 3.18. The molecule has 0 bridgehead atoms. The van der Waals surface area contributed by atoms with Crippen molar-refractivity contribution in [2.75, 3.05) is 29.8 Å². The zero-order valence-electron chi connectivity index (χ0n) is 18.9. The molecule has 10 heteroatoms. The Hall–Kier alpha value is -2.88. The molecule has 0 saturated heterocycles. The van der Waals surface area contributed by atoms with Crippen LogP contribution in [0.3, 0.4) is 0 Å². The second-order valence-electron chi connectivity index (χ2n) is 7.65. The summed E-state index contributed by atoms with van der Waals surface area (Å²) in [5.41, 5.74) is 5.15. The highest BCUT2D eigenvalue weighted by molar-refractivity contribution is 9.10. The van der Waals surface area contributed by atoms with Gasteiger partial charge in [-0.15, -0.1) is 0 Å². The van der Waals surface area contributed by atoms with Crippen molar-refractivity contribution in [3.63, 3.8) is 0 Å². The number of nitrogens with one attached hydrogen (secondary N) is 1. The molecule has 0 aromatic heterocycles. The number of carbonyl (C=O) groups excluding carboxylic acids is 1. The van der Waals surface area contributed by atoms with Gasteiger partial charge in [0.1, 0.15) is 6.54 Å². The van der Waals surface area contributed by atoms with E-state index in [1.54, 1.807) is 37.3 Å². The molecule has 3 aromatic rings. The molecule has 0 radical (unpaired) electrons. The first-order valence-corrected chi connectivity index (χ1v) is 12.8. The third kappa shape index (κ3) is 6.16. The second kappa shape index (κ2) is 11.0. The van der Waals surface area contributed by atoms with Gasteiger partial charge in [0, 0.05) is 23.6 Å². The zero-order valence-corrected chi connectivity index (χ0v) is 22.0. The van der Waals surface area contributed by atoms with Gasteiger partial charge in [0.05, 0.1) is 22.5 Å². The molecule has 0 spiro atoms. The Morgan fingerprint density at radius 2 is 1.76 bits per heavy atom. The van der Waals surface area contributed by atoms with Gasteiger partial charge in [-0.1, -0.05) is 41.9 Å². The summed E-state index contributed by atoms with van der Waals surface area (Å²) in [6, 6.07) is 18.5. The number of hydrazone groups is 1. The molecule has 7 nitrogen and oxygen atoms in total. The maximum absolute atomic E-state index is 13.4. The van der Waals surface area contributed by atoms with Gasteiger partial charge in [0.2, 0.25) is 0 Å². The number of aryl methyl sites for hydroxylation is 1. The van der Waals surface area contributed by atoms with Crippen LogP contribution in [0, 0.1) is 6.92 Å². The van der Waals surface area contributed by atoms with Gasteiger partial charge in [-0.25, -0.2) is 13.8 Å². The van der Waals surface area contributed by atoms with Crippen molar-refractivity contribution in [1.29, 1.82) is 0 Å². The lowest BCUT2D eigenvalue weighted by molar-refractivity contribution is -0.119. The molecule has 1 N–H and O–H groups in total. The normalized spacial score (nSPS) is 11.4. The number of hydrogen-bond acceptors (Lipinski definition) is 5. The summed E-state index contributed by atoms with van der Waals surface area (Å²) in [4.78, 5) is 14.8. The van der Waals surface area contributed by atoms with Crippen molar-refractivity contribution in [1.82, 2.24) is 5.43 Å². The van der Waals surface area contributed by atoms with Crippen molar-refractivity contribution in [3.05, 3.63) is 87.4 Å². The van der Waals surface area contributed by atoms with E-state index >= 15 is 0 Å². The van der Waals surface area contributed by atoms with Crippen molar-refractivity contribution in [3.8, 4) is 0 Å². The van der Waals surface area contributed by atoms with Crippen molar-refractivity contribution in [2.45, 2.75) is 11.8 Å². The number of benzene rings is 3. The predicted octanol–water partition coefficient (Wildman–Crippen LogP) is 4.82. The van der Waals surface area contributed by atoms with Crippen molar-refractivity contribution < 1.29 is 13.2 Å². The third-order valence-electron chi connectivity index (χ3n) is 4.91. The fraction of sp³-hybridized carbons (Fsp3) is 0.167. The minimum absolute atomic E-state index is 0.0662. The van der Waals surface area contributed by atoms with Gasteiger partial charge in [-0.2, -0.15) is 5.10 Å². The Bertz CT molecular complexity index is 1320. The molecule has 0 aliphatic heterocycles. The monoisotopic (exact) mass is 562 g/mol. The summed E-state index contributed by atoms with van der Waals surface area (Å²) in [5.74, 6) is -0.598. The first kappa shape index (κ1) is 25.7. The van der Waals surface area contributed by atoms with E-state index < -0.39 is 22.5 Å². The molecule has 0 unspecified atom stereocenters. The zero-order chi connectivity index (χ0) is 24.9. The Morgan fingerprint density at radius 3 is 2.41 bits per heavy atom. The molecule has 3 aromatic carbocycles. The summed E-state index contributed by atoms with van der Waals surface area (Å²) in [7, 11) is -0.162. The van der Waals surface area contributed by atoms with E-state index in [0.717, 1.165) is 20.0 Å². The number of sulfonamides is 1. The average Bonchev–Trinajstić information content (AvgIpc) is 2.79. The van der Waals surface area contributed by atoms with E-state index in [1.165, 1.54) is 24.4 Å². The number of hydrogen-bond donors (Lipinski definition) is 1. The highest BCUT2D eigenvalue weighted by Gasteiger charge is 2.28. The van der Waals surface area contributed by atoms with Crippen LogP contribution in [0.1, 0.15) is 11.1 Å². The summed E-state index contributed by atoms with van der Waals surface area (Å²) in [6.07, 6.45) is 1.49. The second-order valence-corrected chi connectivity index (χ2v) is 10.8. The Labute approximate surface area is 213 Å². The Morgan fingerprint density at radius 1 is 1.06 bits per heavy atom. The van der Waals surface area contributed by atoms with Crippen LogP contribution in [-0.4, -0.2) is 41.2 Å². The van der Waals surface area contributed by atoms with E-state index in [4.69, 9.17) is 11.6 Å². The van der Waals surface area contributed by atoms with Crippen LogP contribution >= 0.6 is 27.5 Å². The van der Waals surface area contributed by atoms with Gasteiger partial charge >= 0.3 is 0 Å². The molecule has 0 heterocycles. The highest BCUT2D eigenvalue weighted by Crippen LogP contribution is 2.29. The van der Waals surface area contributed by atoms with Crippen LogP contribution in [0.25, 0.3) is 0 Å². The molecule has 0 saturated carbocycles. The lowest BCUT2D eigenvalue weighted by Gasteiger charge is -2.25. The Balaban J connectivity index is 1.84. The molecule has 0 atom stereocenters. The maximum Gasteiger partial charge on any atom is 0.264 e. The van der Waals surface area contributed by atoms with Crippen LogP contribution < -0.4 is 14.6 Å². The number of anilines is 2. The lowest BCUT2D eigenvalue weighted by Crippen LogP contribution is -2.40. The van der Waals surface area contributed by atoms with Crippen LogP contribution in [-0.2, 0) is 14.8 Å². The summed E-state index contributed by atoms with van der Waals surface area (Å²) >= 11 is 9.64. The first-order valence-electron chi connectivity index (χ1n) is 10.2. The molecule has 178 valence electrons. The van der Waals surface area contributed by atoms with Gasteiger partial charge in [0.25, 0.3) is 15.9 Å². The molecule has 3 rings (SSSR count). The summed E-state index contributed by atoms with van der Waals surface area (Å²) < 4.78 is 28.7. The highest BCUT2D eigenvalue weighted by atomic mass is 79.9. The van der Waals surface area contributed by atoms with Crippen molar-refractivity contribution >= 4 is 61.1 Å². The molecule has 0 fully saturated rings. The summed E-state index contributed by atoms with van der Waals surface area (Å²) in [5, 5.41) is 4.35. The minimum Gasteiger partial charge on any atom is -0.377 e. The fourth-order valence-corrected chi connectivity index (χ4v) is 5.60. The first-order chi connectivity index (χ1) is 16.1. The standard InChI is InChI=1S/C24H24BrClN4O3S/c1-17-9-11-19(26)14-23(17)30(34(32,33)20-7-5-4-6-8-20)16-24(31)28-27-15-18-10-12-22(29(2)3)21(25)13-18/h4-15H,16H2,1-3H3,(H,28,31)/b27-15-. The van der Waals surface area contributed by atoms with Gasteiger partial charge in [0.15, 0.2) is 0 Å². The number of carbonyl (C=O) groups is 1. The molecule has 34 heavy (non-hydrogen) atoms. The molecule has 0 aliphatic rings. The van der Waals surface area contributed by atoms with Crippen molar-refractivity contribution in [2.24, 2.45) is 5.10 Å². The van der Waals surface area contributed by atoms with E-state index in [2.05, 4.69) is 26.5 Å². The number of amides is 1. The SMILES string of the molecule is Cc1ccc(Cl)cc1N(CC(=O)N/N=C\c1ccc(N(C)C)c(Br)c1)S(=O)(=O)c1ccccc1. The molecular weight excluding hydrogens is 540 g/mol. The van der Waals surface area contributed by atoms with E-state index in [1.807, 2.05) is 37.2 Å². The van der Waals surface area contributed by atoms with Crippen LogP contribution in [0.15, 0.2) is 81.2 Å². The van der Waals surface area contributed by atoms with Gasteiger partial charge in [-0.3, -0.25) is 9.10 Å². The largest absolute Gasteiger partial charge is 0.377 e. The molecule has 0 aliphatic carbocycles. The predicted molar refractivity (Wildman–Crippen MR) is 141 cm³/mol. The Kier molecular flexibility index (Phi) is 8.35.